The van der Waals surface area contributed by atoms with Gasteiger partial charge >= 0.3 is 0 Å². The zero-order valence-electron chi connectivity index (χ0n) is 8.28. The van der Waals surface area contributed by atoms with E-state index < -0.39 is 0 Å². The quantitative estimate of drug-likeness (QED) is 0.648. The summed E-state index contributed by atoms with van der Waals surface area (Å²) in [6.07, 6.45) is 1.21. The molecule has 0 unspecified atom stereocenters. The van der Waals surface area contributed by atoms with Crippen LogP contribution in [0.15, 0.2) is 0 Å². The minimum absolute atomic E-state index is 0.432. The summed E-state index contributed by atoms with van der Waals surface area (Å²) in [5.74, 6) is 0. The molecule has 0 saturated carbocycles. The third-order valence-corrected chi connectivity index (χ3v) is 1.72. The molecule has 0 aromatic heterocycles. The second-order valence-corrected chi connectivity index (χ2v) is 4.40. The summed E-state index contributed by atoms with van der Waals surface area (Å²) < 4.78 is 0. The van der Waals surface area contributed by atoms with Crippen molar-refractivity contribution in [1.82, 2.24) is 5.32 Å². The highest BCUT2D eigenvalue weighted by atomic mass is 14.9. The van der Waals surface area contributed by atoms with Crippen molar-refractivity contribution in [3.8, 4) is 0 Å². The van der Waals surface area contributed by atoms with Crippen molar-refractivity contribution >= 4 is 0 Å². The van der Waals surface area contributed by atoms with Crippen LogP contribution < -0.4 is 11.1 Å². The van der Waals surface area contributed by atoms with Crippen molar-refractivity contribution in [2.45, 2.75) is 40.2 Å². The summed E-state index contributed by atoms with van der Waals surface area (Å²) in [6, 6.07) is 0.456. The van der Waals surface area contributed by atoms with Crippen molar-refractivity contribution in [1.29, 1.82) is 0 Å². The van der Waals surface area contributed by atoms with Crippen LogP contribution in [0.4, 0.5) is 0 Å². The molecule has 0 saturated heterocycles. The highest BCUT2D eigenvalue weighted by molar-refractivity contribution is 4.66. The molecule has 0 aromatic rings. The summed E-state index contributed by atoms with van der Waals surface area (Å²) in [6.45, 7) is 10.7. The van der Waals surface area contributed by atoms with Crippen LogP contribution in [0.1, 0.15) is 34.1 Å². The first kappa shape index (κ1) is 10.9. The SMILES string of the molecule is C[C@H](CN)NCCC(C)(C)C. The molecule has 2 heteroatoms. The summed E-state index contributed by atoms with van der Waals surface area (Å²) in [4.78, 5) is 0. The van der Waals surface area contributed by atoms with E-state index in [1.165, 1.54) is 6.42 Å². The number of nitrogens with one attached hydrogen (secondary N) is 1. The fraction of sp³-hybridized carbons (Fsp3) is 1.00. The van der Waals surface area contributed by atoms with Crippen LogP contribution in [0.25, 0.3) is 0 Å². The highest BCUT2D eigenvalue weighted by Crippen LogP contribution is 2.16. The Hall–Kier alpha value is -0.0800. The smallest absolute Gasteiger partial charge is 0.0161 e. The lowest BCUT2D eigenvalue weighted by Crippen LogP contribution is -2.35. The van der Waals surface area contributed by atoms with Gasteiger partial charge in [0.05, 0.1) is 0 Å². The molecule has 0 rings (SSSR count). The highest BCUT2D eigenvalue weighted by Gasteiger charge is 2.09. The number of nitrogens with two attached hydrogens (primary N) is 1. The Balaban J connectivity index is 3.28. The van der Waals surface area contributed by atoms with E-state index in [1.807, 2.05) is 0 Å². The summed E-state index contributed by atoms with van der Waals surface area (Å²) in [7, 11) is 0. The van der Waals surface area contributed by atoms with Crippen LogP contribution >= 0.6 is 0 Å². The van der Waals surface area contributed by atoms with Crippen LogP contribution in [0.5, 0.6) is 0 Å². The van der Waals surface area contributed by atoms with Gasteiger partial charge in [-0.15, -0.1) is 0 Å². The zero-order valence-corrected chi connectivity index (χ0v) is 8.28. The average Bonchev–Trinajstić information content (AvgIpc) is 1.85. The lowest BCUT2D eigenvalue weighted by molar-refractivity contribution is 0.357. The molecule has 0 amide bonds. The van der Waals surface area contributed by atoms with Crippen molar-refractivity contribution in [2.75, 3.05) is 13.1 Å². The van der Waals surface area contributed by atoms with Crippen molar-refractivity contribution in [2.24, 2.45) is 11.1 Å². The number of hydrogen-bond acceptors (Lipinski definition) is 2. The third kappa shape index (κ3) is 7.82. The Labute approximate surface area is 70.5 Å². The lowest BCUT2D eigenvalue weighted by Gasteiger charge is -2.19. The maximum absolute atomic E-state index is 5.46. The van der Waals surface area contributed by atoms with Crippen LogP contribution in [0, 0.1) is 5.41 Å². The molecule has 0 aliphatic heterocycles. The summed E-state index contributed by atoms with van der Waals surface area (Å²) in [5, 5.41) is 3.36. The average molecular weight is 158 g/mol. The molecule has 0 spiro atoms. The molecule has 0 fully saturated rings. The van der Waals surface area contributed by atoms with E-state index in [4.69, 9.17) is 5.73 Å². The first-order valence-corrected chi connectivity index (χ1v) is 4.39. The molecule has 11 heavy (non-hydrogen) atoms. The van der Waals surface area contributed by atoms with Gasteiger partial charge in [0.15, 0.2) is 0 Å². The van der Waals surface area contributed by atoms with Gasteiger partial charge in [0, 0.05) is 12.6 Å². The van der Waals surface area contributed by atoms with E-state index in [9.17, 15) is 0 Å². The number of rotatable bonds is 4. The fourth-order valence-electron chi connectivity index (χ4n) is 0.777. The molecule has 0 aromatic carbocycles. The Kier molecular flexibility index (Phi) is 4.69. The summed E-state index contributed by atoms with van der Waals surface area (Å²) in [5.41, 5.74) is 5.89. The van der Waals surface area contributed by atoms with Crippen molar-refractivity contribution in [3.63, 3.8) is 0 Å². The van der Waals surface area contributed by atoms with E-state index in [2.05, 4.69) is 33.0 Å². The topological polar surface area (TPSA) is 38.0 Å². The largest absolute Gasteiger partial charge is 0.329 e. The molecule has 0 heterocycles. The third-order valence-electron chi connectivity index (χ3n) is 1.72. The van der Waals surface area contributed by atoms with E-state index >= 15 is 0 Å². The van der Waals surface area contributed by atoms with Gasteiger partial charge in [-0.25, -0.2) is 0 Å². The summed E-state index contributed by atoms with van der Waals surface area (Å²) >= 11 is 0. The van der Waals surface area contributed by atoms with E-state index in [1.54, 1.807) is 0 Å². The van der Waals surface area contributed by atoms with Gasteiger partial charge in [-0.05, 0) is 25.3 Å². The number of hydrogen-bond donors (Lipinski definition) is 2. The Morgan fingerprint density at radius 2 is 1.91 bits per heavy atom. The Morgan fingerprint density at radius 3 is 2.27 bits per heavy atom. The van der Waals surface area contributed by atoms with Gasteiger partial charge in [-0.2, -0.15) is 0 Å². The van der Waals surface area contributed by atoms with Gasteiger partial charge in [0.2, 0.25) is 0 Å². The van der Waals surface area contributed by atoms with Gasteiger partial charge in [-0.3, -0.25) is 0 Å². The van der Waals surface area contributed by atoms with Crippen molar-refractivity contribution in [3.05, 3.63) is 0 Å². The van der Waals surface area contributed by atoms with Gasteiger partial charge in [0.25, 0.3) is 0 Å². The van der Waals surface area contributed by atoms with Gasteiger partial charge in [-0.1, -0.05) is 20.8 Å². The van der Waals surface area contributed by atoms with Crippen LogP contribution in [0.2, 0.25) is 0 Å². The second kappa shape index (κ2) is 4.73. The molecule has 0 aliphatic rings. The first-order valence-electron chi connectivity index (χ1n) is 4.39. The molecular formula is C9H22N2. The standard InChI is InChI=1S/C9H22N2/c1-8(7-10)11-6-5-9(2,3)4/h8,11H,5-7,10H2,1-4H3/t8-/m1/s1. The normalized spacial score (nSPS) is 15.0. The van der Waals surface area contributed by atoms with E-state index in [0.29, 0.717) is 11.5 Å². The first-order chi connectivity index (χ1) is 4.95. The maximum Gasteiger partial charge on any atom is 0.0161 e. The Bertz CT molecular complexity index is 94.2. The minimum atomic E-state index is 0.432. The predicted octanol–water partition coefficient (Wildman–Crippen LogP) is 1.36. The monoisotopic (exact) mass is 158 g/mol. The van der Waals surface area contributed by atoms with E-state index in [0.717, 1.165) is 13.1 Å². The molecular weight excluding hydrogens is 136 g/mol. The molecule has 0 radical (unpaired) electrons. The Morgan fingerprint density at radius 1 is 1.36 bits per heavy atom. The second-order valence-electron chi connectivity index (χ2n) is 4.40. The molecule has 2 nitrogen and oxygen atoms in total. The predicted molar refractivity (Wildman–Crippen MR) is 50.6 cm³/mol. The lowest BCUT2D eigenvalue weighted by atomic mass is 9.92. The molecule has 3 N–H and O–H groups in total. The molecule has 1 atom stereocenters. The van der Waals surface area contributed by atoms with Crippen molar-refractivity contribution < 1.29 is 0 Å². The zero-order chi connectivity index (χ0) is 8.91. The molecule has 0 aliphatic carbocycles. The molecule has 0 bridgehead atoms. The minimum Gasteiger partial charge on any atom is -0.329 e. The molecule has 68 valence electrons. The van der Waals surface area contributed by atoms with E-state index in [-0.39, 0.29) is 0 Å². The van der Waals surface area contributed by atoms with Crippen LogP contribution in [-0.4, -0.2) is 19.1 Å². The van der Waals surface area contributed by atoms with Gasteiger partial charge in [0.1, 0.15) is 0 Å². The van der Waals surface area contributed by atoms with Crippen LogP contribution in [-0.2, 0) is 0 Å². The maximum atomic E-state index is 5.46. The van der Waals surface area contributed by atoms with Gasteiger partial charge < -0.3 is 11.1 Å². The fourth-order valence-corrected chi connectivity index (χ4v) is 0.777. The van der Waals surface area contributed by atoms with Crippen LogP contribution in [0.3, 0.4) is 0 Å².